The Hall–Kier alpha value is -2.88. The Morgan fingerprint density at radius 2 is 1.59 bits per heavy atom. The summed E-state index contributed by atoms with van der Waals surface area (Å²) in [7, 11) is 0. The summed E-state index contributed by atoms with van der Waals surface area (Å²) in [6.45, 7) is 2.00. The molecule has 0 radical (unpaired) electrons. The van der Waals surface area contributed by atoms with Gasteiger partial charge < -0.3 is 10.5 Å². The lowest BCUT2D eigenvalue weighted by Gasteiger charge is -2.16. The molecule has 4 heteroatoms. The van der Waals surface area contributed by atoms with Crippen LogP contribution in [0.5, 0.6) is 5.88 Å². The first-order valence-corrected chi connectivity index (χ1v) is 7.12. The predicted molar refractivity (Wildman–Crippen MR) is 87.4 cm³/mol. The summed E-state index contributed by atoms with van der Waals surface area (Å²) in [6.07, 6.45) is 3.19. The summed E-state index contributed by atoms with van der Waals surface area (Å²) in [5.74, 6) is 0.517. The molecule has 0 aliphatic rings. The molecule has 1 unspecified atom stereocenters. The highest BCUT2D eigenvalue weighted by Crippen LogP contribution is 2.29. The molecule has 1 heterocycles. The average molecular weight is 291 g/mol. The quantitative estimate of drug-likeness (QED) is 0.741. The van der Waals surface area contributed by atoms with Gasteiger partial charge in [0.05, 0.1) is 0 Å². The Bertz CT molecular complexity index is 742. The van der Waals surface area contributed by atoms with Gasteiger partial charge in [0, 0.05) is 23.6 Å². The number of hydrogen-bond acceptors (Lipinski definition) is 4. The molecule has 3 rings (SSSR count). The summed E-state index contributed by atoms with van der Waals surface area (Å²) in [4.78, 5) is 8.72. The van der Waals surface area contributed by atoms with Gasteiger partial charge in [-0.2, -0.15) is 0 Å². The molecular weight excluding hydrogens is 274 g/mol. The molecule has 2 aromatic carbocycles. The first kappa shape index (κ1) is 14.1. The van der Waals surface area contributed by atoms with Gasteiger partial charge in [0.15, 0.2) is 0 Å². The number of rotatable bonds is 4. The van der Waals surface area contributed by atoms with Crippen LogP contribution in [-0.2, 0) is 0 Å². The minimum absolute atomic E-state index is 0.106. The van der Waals surface area contributed by atoms with Gasteiger partial charge in [-0.15, -0.1) is 0 Å². The molecule has 110 valence electrons. The predicted octanol–water partition coefficient (Wildman–Crippen LogP) is 3.87. The monoisotopic (exact) mass is 291 g/mol. The van der Waals surface area contributed by atoms with Gasteiger partial charge in [-0.25, -0.2) is 9.97 Å². The van der Waals surface area contributed by atoms with E-state index >= 15 is 0 Å². The van der Waals surface area contributed by atoms with Crippen molar-refractivity contribution in [2.45, 2.75) is 13.0 Å². The van der Waals surface area contributed by atoms with Crippen LogP contribution in [0, 0.1) is 0 Å². The molecule has 0 fully saturated rings. The second-order valence-electron chi connectivity index (χ2n) is 5.00. The minimum atomic E-state index is -0.106. The summed E-state index contributed by atoms with van der Waals surface area (Å²) in [5, 5.41) is 0. The van der Waals surface area contributed by atoms with Gasteiger partial charge in [0.2, 0.25) is 5.88 Å². The highest BCUT2D eigenvalue weighted by molar-refractivity contribution is 5.66. The number of ether oxygens (including phenoxy) is 1. The standard InChI is InChI=1S/C18H17N3O/c1-13(14-5-3-2-4-6-14)22-18-17(20-11-12-21-18)15-7-9-16(19)10-8-15/h2-13H,19H2,1H3. The first-order valence-electron chi connectivity index (χ1n) is 7.12. The number of nitrogens with zero attached hydrogens (tertiary/aromatic N) is 2. The van der Waals surface area contributed by atoms with Crippen molar-refractivity contribution in [3.05, 3.63) is 72.6 Å². The van der Waals surface area contributed by atoms with Crippen LogP contribution in [0.4, 0.5) is 5.69 Å². The molecule has 0 saturated carbocycles. The van der Waals surface area contributed by atoms with Gasteiger partial charge in [0.25, 0.3) is 0 Å². The van der Waals surface area contributed by atoms with Crippen molar-refractivity contribution in [1.82, 2.24) is 9.97 Å². The molecule has 0 amide bonds. The van der Waals surface area contributed by atoms with Gasteiger partial charge in [0.1, 0.15) is 11.8 Å². The Morgan fingerprint density at radius 1 is 0.909 bits per heavy atom. The maximum absolute atomic E-state index is 6.01. The van der Waals surface area contributed by atoms with Gasteiger partial charge in [-0.05, 0) is 24.6 Å². The summed E-state index contributed by atoms with van der Waals surface area (Å²) in [6, 6.07) is 17.5. The van der Waals surface area contributed by atoms with Crippen LogP contribution in [0.1, 0.15) is 18.6 Å². The van der Waals surface area contributed by atoms with E-state index in [2.05, 4.69) is 9.97 Å². The highest BCUT2D eigenvalue weighted by atomic mass is 16.5. The molecule has 2 N–H and O–H groups in total. The molecule has 22 heavy (non-hydrogen) atoms. The van der Waals surface area contributed by atoms with Crippen LogP contribution < -0.4 is 10.5 Å². The largest absolute Gasteiger partial charge is 0.468 e. The maximum Gasteiger partial charge on any atom is 0.241 e. The number of nitrogens with two attached hydrogens (primary N) is 1. The average Bonchev–Trinajstić information content (AvgIpc) is 2.57. The van der Waals surface area contributed by atoms with Crippen molar-refractivity contribution >= 4 is 5.69 Å². The van der Waals surface area contributed by atoms with Gasteiger partial charge in [-0.3, -0.25) is 0 Å². The van der Waals surface area contributed by atoms with E-state index in [0.717, 1.165) is 11.1 Å². The Kier molecular flexibility index (Phi) is 4.01. The van der Waals surface area contributed by atoms with E-state index in [1.807, 2.05) is 61.5 Å². The number of benzene rings is 2. The molecule has 3 aromatic rings. The number of hydrogen-bond donors (Lipinski definition) is 1. The van der Waals surface area contributed by atoms with Crippen molar-refractivity contribution in [1.29, 1.82) is 0 Å². The van der Waals surface area contributed by atoms with Crippen molar-refractivity contribution < 1.29 is 4.74 Å². The molecule has 0 aliphatic carbocycles. The Balaban J connectivity index is 1.90. The topological polar surface area (TPSA) is 61.0 Å². The zero-order valence-corrected chi connectivity index (χ0v) is 12.3. The zero-order chi connectivity index (χ0) is 15.4. The summed E-state index contributed by atoms with van der Waals surface area (Å²) < 4.78 is 6.01. The zero-order valence-electron chi connectivity index (χ0n) is 12.3. The molecular formula is C18H17N3O. The van der Waals surface area contributed by atoms with E-state index in [9.17, 15) is 0 Å². The lowest BCUT2D eigenvalue weighted by molar-refractivity contribution is 0.218. The second-order valence-corrected chi connectivity index (χ2v) is 5.00. The fourth-order valence-electron chi connectivity index (χ4n) is 2.21. The minimum Gasteiger partial charge on any atom is -0.468 e. The SMILES string of the molecule is CC(Oc1nccnc1-c1ccc(N)cc1)c1ccccc1. The molecule has 0 aliphatic heterocycles. The van der Waals surface area contributed by atoms with Crippen LogP contribution in [0.25, 0.3) is 11.3 Å². The van der Waals surface area contributed by atoms with Crippen LogP contribution in [0.3, 0.4) is 0 Å². The van der Waals surface area contributed by atoms with Crippen LogP contribution in [-0.4, -0.2) is 9.97 Å². The molecule has 0 bridgehead atoms. The third-order valence-corrected chi connectivity index (χ3v) is 3.41. The van der Waals surface area contributed by atoms with E-state index < -0.39 is 0 Å². The molecule has 0 spiro atoms. The fraction of sp³-hybridized carbons (Fsp3) is 0.111. The smallest absolute Gasteiger partial charge is 0.241 e. The lowest BCUT2D eigenvalue weighted by Crippen LogP contribution is -2.06. The van der Waals surface area contributed by atoms with Gasteiger partial charge >= 0.3 is 0 Å². The molecule has 1 atom stereocenters. The van der Waals surface area contributed by atoms with Crippen molar-refractivity contribution in [2.75, 3.05) is 5.73 Å². The normalized spacial score (nSPS) is 11.9. The number of nitrogen functional groups attached to an aromatic ring is 1. The van der Waals surface area contributed by atoms with Crippen molar-refractivity contribution in [3.63, 3.8) is 0 Å². The van der Waals surface area contributed by atoms with Crippen molar-refractivity contribution in [2.24, 2.45) is 0 Å². The molecule has 4 nitrogen and oxygen atoms in total. The Labute approximate surface area is 129 Å². The van der Waals surface area contributed by atoms with Crippen molar-refractivity contribution in [3.8, 4) is 17.1 Å². The summed E-state index contributed by atoms with van der Waals surface area (Å²) >= 11 is 0. The molecule has 0 saturated heterocycles. The van der Waals surface area contributed by atoms with E-state index in [1.54, 1.807) is 12.4 Å². The highest BCUT2D eigenvalue weighted by Gasteiger charge is 2.13. The van der Waals surface area contributed by atoms with E-state index in [-0.39, 0.29) is 6.10 Å². The van der Waals surface area contributed by atoms with Crippen LogP contribution >= 0.6 is 0 Å². The van der Waals surface area contributed by atoms with Crippen LogP contribution in [0.2, 0.25) is 0 Å². The number of aromatic nitrogens is 2. The molecule has 1 aromatic heterocycles. The summed E-state index contributed by atoms with van der Waals surface area (Å²) in [5.41, 5.74) is 9.18. The first-order chi connectivity index (χ1) is 10.7. The van der Waals surface area contributed by atoms with Crippen LogP contribution in [0.15, 0.2) is 67.0 Å². The van der Waals surface area contributed by atoms with E-state index in [4.69, 9.17) is 10.5 Å². The van der Waals surface area contributed by atoms with Gasteiger partial charge in [-0.1, -0.05) is 42.5 Å². The maximum atomic E-state index is 6.01. The second kappa shape index (κ2) is 6.26. The lowest BCUT2D eigenvalue weighted by atomic mass is 10.1. The fourth-order valence-corrected chi connectivity index (χ4v) is 2.21. The Morgan fingerprint density at radius 3 is 2.32 bits per heavy atom. The third kappa shape index (κ3) is 3.06. The van der Waals surface area contributed by atoms with E-state index in [1.165, 1.54) is 0 Å². The number of anilines is 1. The third-order valence-electron chi connectivity index (χ3n) is 3.41. The van der Waals surface area contributed by atoms with E-state index in [0.29, 0.717) is 17.3 Å².